The van der Waals surface area contributed by atoms with Gasteiger partial charge in [-0.25, -0.2) is 0 Å². The van der Waals surface area contributed by atoms with Crippen molar-refractivity contribution in [3.63, 3.8) is 0 Å². The van der Waals surface area contributed by atoms with Gasteiger partial charge in [0.15, 0.2) is 0 Å². The van der Waals surface area contributed by atoms with E-state index < -0.39 is 6.10 Å². The minimum absolute atomic E-state index is 0.462. The molecule has 0 fully saturated rings. The number of hydrogen-bond donors (Lipinski definition) is 1. The van der Waals surface area contributed by atoms with Crippen LogP contribution in [0.2, 0.25) is 0 Å². The predicted octanol–water partition coefficient (Wildman–Crippen LogP) is 2.06. The van der Waals surface area contributed by atoms with E-state index in [1.165, 1.54) is 0 Å². The molecule has 0 bridgehead atoms. The molecule has 1 unspecified atom stereocenters. The maximum atomic E-state index is 9.20. The molecule has 1 N–H and O–H groups in total. The van der Waals surface area contributed by atoms with Crippen molar-refractivity contribution in [2.45, 2.75) is 19.4 Å². The Balaban J connectivity index is 4.43. The monoisotopic (exact) mass is 162 g/mol. The number of hydrogen-bond acceptors (Lipinski definition) is 1. The van der Waals surface area contributed by atoms with Crippen LogP contribution in [-0.2, 0) is 0 Å². The van der Waals surface area contributed by atoms with Gasteiger partial charge in [-0.2, -0.15) is 0 Å². The summed E-state index contributed by atoms with van der Waals surface area (Å²) in [7, 11) is 0. The van der Waals surface area contributed by atoms with Gasteiger partial charge in [0, 0.05) is 0 Å². The molecule has 0 aliphatic heterocycles. The molecule has 12 heavy (non-hydrogen) atoms. The highest BCUT2D eigenvalue weighted by Gasteiger charge is 2.09. The van der Waals surface area contributed by atoms with Gasteiger partial charge in [-0.15, -0.1) is 6.42 Å². The Morgan fingerprint density at radius 3 is 2.33 bits per heavy atom. The summed E-state index contributed by atoms with van der Waals surface area (Å²) in [4.78, 5) is 0. The molecule has 0 aliphatic carbocycles. The van der Waals surface area contributed by atoms with Gasteiger partial charge in [-0.1, -0.05) is 32.6 Å². The van der Waals surface area contributed by atoms with E-state index in [1.54, 1.807) is 0 Å². The Hall–Kier alpha value is -1.26. The van der Waals surface area contributed by atoms with Crippen LogP contribution in [0.15, 0.2) is 36.5 Å². The molecule has 0 heterocycles. The molecule has 0 aromatic rings. The lowest BCUT2D eigenvalue weighted by atomic mass is 9.97. The first-order valence-electron chi connectivity index (χ1n) is 3.75. The molecule has 0 amide bonds. The molecular weight excluding hydrogens is 148 g/mol. The molecule has 0 radical (unpaired) electrons. The Labute approximate surface area is 74.1 Å². The first-order chi connectivity index (χ1) is 5.54. The number of aliphatic hydroxyl groups excluding tert-OH is 1. The van der Waals surface area contributed by atoms with E-state index in [0.29, 0.717) is 11.1 Å². The molecule has 1 atom stereocenters. The summed E-state index contributed by atoms with van der Waals surface area (Å²) in [5, 5.41) is 9.20. The van der Waals surface area contributed by atoms with E-state index in [1.807, 2.05) is 6.92 Å². The molecule has 0 rings (SSSR count). The van der Waals surface area contributed by atoms with Crippen molar-refractivity contribution >= 4 is 0 Å². The van der Waals surface area contributed by atoms with Gasteiger partial charge in [0.1, 0.15) is 6.10 Å². The van der Waals surface area contributed by atoms with Crippen LogP contribution in [0, 0.1) is 12.3 Å². The SMILES string of the molecule is C#CC(O)C(=C)C(=C)C(=C)CC. The standard InChI is InChI=1S/C11H14O/c1-6-8(3)9(4)10(5)11(12)7-2/h2,11-12H,3-6H2,1H3. The average Bonchev–Trinajstić information content (AvgIpc) is 2.12. The van der Waals surface area contributed by atoms with Crippen molar-refractivity contribution < 1.29 is 5.11 Å². The number of rotatable bonds is 4. The van der Waals surface area contributed by atoms with E-state index in [9.17, 15) is 5.11 Å². The fraction of sp³-hybridized carbons (Fsp3) is 0.273. The normalized spacial score (nSPS) is 11.4. The highest BCUT2D eigenvalue weighted by Crippen LogP contribution is 2.19. The summed E-state index contributed by atoms with van der Waals surface area (Å²) in [5.74, 6) is 2.18. The highest BCUT2D eigenvalue weighted by atomic mass is 16.3. The van der Waals surface area contributed by atoms with E-state index in [2.05, 4.69) is 25.7 Å². The molecule has 0 aromatic heterocycles. The first-order valence-corrected chi connectivity index (χ1v) is 3.75. The van der Waals surface area contributed by atoms with Gasteiger partial charge < -0.3 is 5.11 Å². The molecule has 64 valence electrons. The summed E-state index contributed by atoms with van der Waals surface area (Å²) >= 11 is 0. The second-order valence-corrected chi connectivity index (χ2v) is 2.53. The van der Waals surface area contributed by atoms with Crippen LogP contribution in [0.1, 0.15) is 13.3 Å². The van der Waals surface area contributed by atoms with Crippen molar-refractivity contribution in [3.05, 3.63) is 36.5 Å². The average molecular weight is 162 g/mol. The molecule has 0 aromatic carbocycles. The molecule has 0 spiro atoms. The minimum Gasteiger partial charge on any atom is -0.376 e. The topological polar surface area (TPSA) is 20.2 Å². The number of terminal acetylenes is 1. The van der Waals surface area contributed by atoms with E-state index >= 15 is 0 Å². The predicted molar refractivity (Wildman–Crippen MR) is 52.6 cm³/mol. The lowest BCUT2D eigenvalue weighted by Crippen LogP contribution is -2.08. The van der Waals surface area contributed by atoms with Crippen molar-refractivity contribution in [2.24, 2.45) is 0 Å². The van der Waals surface area contributed by atoms with Gasteiger partial charge in [0.05, 0.1) is 0 Å². The highest BCUT2D eigenvalue weighted by molar-refractivity contribution is 5.45. The van der Waals surface area contributed by atoms with E-state index in [4.69, 9.17) is 6.42 Å². The molecule has 0 saturated heterocycles. The zero-order valence-corrected chi connectivity index (χ0v) is 7.43. The Morgan fingerprint density at radius 2 is 2.00 bits per heavy atom. The van der Waals surface area contributed by atoms with Gasteiger partial charge >= 0.3 is 0 Å². The summed E-state index contributed by atoms with van der Waals surface area (Å²) in [6, 6.07) is 0. The zero-order valence-electron chi connectivity index (χ0n) is 7.43. The summed E-state index contributed by atoms with van der Waals surface area (Å²) in [6.07, 6.45) is 4.86. The number of aliphatic hydroxyl groups is 1. The van der Waals surface area contributed by atoms with Crippen LogP contribution in [-0.4, -0.2) is 11.2 Å². The Bertz CT molecular complexity index is 253. The lowest BCUT2D eigenvalue weighted by Gasteiger charge is -2.12. The molecule has 1 heteroatoms. The second-order valence-electron chi connectivity index (χ2n) is 2.53. The molecular formula is C11H14O. The maximum absolute atomic E-state index is 9.20. The van der Waals surface area contributed by atoms with Crippen molar-refractivity contribution in [2.75, 3.05) is 0 Å². The van der Waals surface area contributed by atoms with Crippen LogP contribution >= 0.6 is 0 Å². The molecule has 0 aliphatic rings. The van der Waals surface area contributed by atoms with Gasteiger partial charge in [-0.3, -0.25) is 0 Å². The smallest absolute Gasteiger partial charge is 0.139 e. The summed E-state index contributed by atoms with van der Waals surface area (Å²) in [6.45, 7) is 13.1. The van der Waals surface area contributed by atoms with Crippen LogP contribution < -0.4 is 0 Å². The Kier molecular flexibility index (Phi) is 4.10. The van der Waals surface area contributed by atoms with Gasteiger partial charge in [0.2, 0.25) is 0 Å². The lowest BCUT2D eigenvalue weighted by molar-refractivity contribution is 0.271. The largest absolute Gasteiger partial charge is 0.376 e. The van der Waals surface area contributed by atoms with Crippen molar-refractivity contribution in [1.82, 2.24) is 0 Å². The maximum Gasteiger partial charge on any atom is 0.139 e. The second kappa shape index (κ2) is 4.58. The first kappa shape index (κ1) is 10.7. The summed E-state index contributed by atoms with van der Waals surface area (Å²) in [5.41, 5.74) is 1.97. The van der Waals surface area contributed by atoms with Crippen LogP contribution in [0.4, 0.5) is 0 Å². The summed E-state index contributed by atoms with van der Waals surface area (Å²) < 4.78 is 0. The van der Waals surface area contributed by atoms with E-state index in [0.717, 1.165) is 12.0 Å². The number of allylic oxidation sites excluding steroid dienone is 1. The third kappa shape index (κ3) is 2.41. The van der Waals surface area contributed by atoms with Gasteiger partial charge in [-0.05, 0) is 23.1 Å². The van der Waals surface area contributed by atoms with Gasteiger partial charge in [0.25, 0.3) is 0 Å². The Morgan fingerprint density at radius 1 is 1.50 bits per heavy atom. The zero-order chi connectivity index (χ0) is 9.72. The third-order valence-electron chi connectivity index (χ3n) is 1.73. The van der Waals surface area contributed by atoms with Crippen LogP contribution in [0.3, 0.4) is 0 Å². The fourth-order valence-electron chi connectivity index (χ4n) is 0.706. The van der Waals surface area contributed by atoms with Crippen molar-refractivity contribution in [1.29, 1.82) is 0 Å². The van der Waals surface area contributed by atoms with Crippen LogP contribution in [0.25, 0.3) is 0 Å². The quantitative estimate of drug-likeness (QED) is 0.495. The molecule has 1 nitrogen and oxygen atoms in total. The van der Waals surface area contributed by atoms with Crippen molar-refractivity contribution in [3.8, 4) is 12.3 Å². The van der Waals surface area contributed by atoms with E-state index in [-0.39, 0.29) is 0 Å². The fourth-order valence-corrected chi connectivity index (χ4v) is 0.706. The minimum atomic E-state index is -0.944. The molecule has 0 saturated carbocycles. The van der Waals surface area contributed by atoms with Crippen LogP contribution in [0.5, 0.6) is 0 Å². The third-order valence-corrected chi connectivity index (χ3v) is 1.73.